The molecule has 0 atom stereocenters. The maximum atomic E-state index is 12.6. The minimum Gasteiger partial charge on any atom is -0.508 e. The van der Waals surface area contributed by atoms with Crippen LogP contribution in [0.1, 0.15) is 34.6 Å². The molecule has 0 fully saturated rings. The average molecular weight is 459 g/mol. The van der Waals surface area contributed by atoms with Crippen molar-refractivity contribution in [2.75, 3.05) is 17.2 Å². The number of rotatable bonds is 8. The molecule has 10 nitrogen and oxygen atoms in total. The molecular weight excluding hydrogens is 432 g/mol. The van der Waals surface area contributed by atoms with Crippen LogP contribution < -0.4 is 16.0 Å². The largest absolute Gasteiger partial charge is 0.508 e. The van der Waals surface area contributed by atoms with Gasteiger partial charge in [0.15, 0.2) is 10.9 Å². The van der Waals surface area contributed by atoms with Gasteiger partial charge in [-0.25, -0.2) is 4.98 Å². The van der Waals surface area contributed by atoms with Gasteiger partial charge in [0.1, 0.15) is 17.2 Å². The number of benzene rings is 1. The Balaban J connectivity index is 1.59. The third kappa shape index (κ3) is 6.05. The zero-order chi connectivity index (χ0) is 23.5. The van der Waals surface area contributed by atoms with Crippen molar-refractivity contribution in [1.29, 1.82) is 0 Å². The van der Waals surface area contributed by atoms with Crippen LogP contribution in [0.4, 0.5) is 16.6 Å². The first-order chi connectivity index (χ1) is 15.0. The van der Waals surface area contributed by atoms with E-state index in [-0.39, 0.29) is 30.7 Å². The summed E-state index contributed by atoms with van der Waals surface area (Å²) in [5.74, 6) is -0.0166. The molecule has 2 heterocycles. The number of aromatic nitrogens is 3. The van der Waals surface area contributed by atoms with Crippen LogP contribution >= 0.6 is 11.3 Å². The van der Waals surface area contributed by atoms with Gasteiger partial charge in [0.05, 0.1) is 17.5 Å². The number of carbonyl (C=O) groups is 2. The summed E-state index contributed by atoms with van der Waals surface area (Å²) in [7, 11) is 0. The first kappa shape index (κ1) is 23.2. The summed E-state index contributed by atoms with van der Waals surface area (Å²) in [6.07, 6.45) is 3.09. The molecule has 0 saturated heterocycles. The number of hydrogen-bond donors (Lipinski definition) is 5. The van der Waals surface area contributed by atoms with E-state index in [0.29, 0.717) is 27.1 Å². The zero-order valence-corrected chi connectivity index (χ0v) is 19.1. The number of aromatic hydroxyl groups is 1. The van der Waals surface area contributed by atoms with Crippen LogP contribution in [0.5, 0.6) is 5.75 Å². The summed E-state index contributed by atoms with van der Waals surface area (Å²) in [4.78, 5) is 29.2. The molecule has 0 unspecified atom stereocenters. The highest BCUT2D eigenvalue weighted by Crippen LogP contribution is 2.29. The predicted octanol–water partition coefficient (Wildman–Crippen LogP) is 2.55. The molecule has 5 N–H and O–H groups in total. The van der Waals surface area contributed by atoms with Gasteiger partial charge >= 0.3 is 0 Å². The van der Waals surface area contributed by atoms with E-state index in [1.165, 1.54) is 10.9 Å². The SMILES string of the molecule is Cc1ccc(O)c(C)c1NC(=O)c1cnc(Nc2ccn(CC(=O)NCC(C)(C)O)n2)s1. The molecule has 2 amide bonds. The first-order valence-corrected chi connectivity index (χ1v) is 10.7. The van der Waals surface area contributed by atoms with Crippen LogP contribution in [0.15, 0.2) is 30.6 Å². The van der Waals surface area contributed by atoms with Crippen molar-refractivity contribution < 1.29 is 19.8 Å². The van der Waals surface area contributed by atoms with Gasteiger partial charge in [-0.15, -0.1) is 0 Å². The highest BCUT2D eigenvalue weighted by molar-refractivity contribution is 7.17. The Morgan fingerprint density at radius 2 is 1.97 bits per heavy atom. The monoisotopic (exact) mass is 458 g/mol. The highest BCUT2D eigenvalue weighted by Gasteiger charge is 2.16. The molecule has 3 rings (SSSR count). The van der Waals surface area contributed by atoms with Gasteiger partial charge in [-0.2, -0.15) is 5.10 Å². The van der Waals surface area contributed by atoms with Crippen LogP contribution in [0, 0.1) is 13.8 Å². The van der Waals surface area contributed by atoms with E-state index in [1.807, 2.05) is 6.92 Å². The molecular formula is C21H26N6O4S. The Labute approximate surface area is 189 Å². The molecule has 3 aromatic rings. The fourth-order valence-corrected chi connectivity index (χ4v) is 3.50. The molecule has 0 aliphatic rings. The van der Waals surface area contributed by atoms with Gasteiger partial charge in [0.2, 0.25) is 5.91 Å². The van der Waals surface area contributed by atoms with E-state index >= 15 is 0 Å². The summed E-state index contributed by atoms with van der Waals surface area (Å²) in [6.45, 7) is 6.95. The second-order valence-corrected chi connectivity index (χ2v) is 9.03. The molecule has 11 heteroatoms. The van der Waals surface area contributed by atoms with Gasteiger partial charge in [0.25, 0.3) is 5.91 Å². The molecule has 0 radical (unpaired) electrons. The van der Waals surface area contributed by atoms with Crippen molar-refractivity contribution in [3.8, 4) is 5.75 Å². The van der Waals surface area contributed by atoms with Gasteiger partial charge in [0, 0.05) is 24.4 Å². The minimum atomic E-state index is -0.986. The zero-order valence-electron chi connectivity index (χ0n) is 18.3. The Morgan fingerprint density at radius 1 is 1.22 bits per heavy atom. The smallest absolute Gasteiger partial charge is 0.267 e. The lowest BCUT2D eigenvalue weighted by atomic mass is 10.1. The maximum absolute atomic E-state index is 12.6. The number of aryl methyl sites for hydroxylation is 1. The fourth-order valence-electron chi connectivity index (χ4n) is 2.78. The standard InChI is InChI=1S/C21H26N6O4S/c1-12-5-6-14(28)13(2)18(12)25-19(30)15-9-22-20(32-15)24-16-7-8-27(26-16)10-17(29)23-11-21(3,4)31/h5-9,28,31H,10-11H2,1-4H3,(H,23,29)(H,25,30)(H,22,24,26). The molecule has 32 heavy (non-hydrogen) atoms. The Hall–Kier alpha value is -3.44. The summed E-state index contributed by atoms with van der Waals surface area (Å²) in [5, 5.41) is 32.8. The minimum absolute atomic E-state index is 0.00586. The summed E-state index contributed by atoms with van der Waals surface area (Å²) >= 11 is 1.15. The van der Waals surface area contributed by atoms with E-state index < -0.39 is 5.60 Å². The number of phenols is 1. The van der Waals surface area contributed by atoms with Crippen molar-refractivity contribution in [2.24, 2.45) is 0 Å². The maximum Gasteiger partial charge on any atom is 0.267 e. The topological polar surface area (TPSA) is 141 Å². The molecule has 0 aliphatic carbocycles. The third-order valence-corrected chi connectivity index (χ3v) is 5.42. The normalized spacial score (nSPS) is 11.3. The van der Waals surface area contributed by atoms with Crippen LogP contribution in [-0.4, -0.2) is 48.9 Å². The van der Waals surface area contributed by atoms with E-state index in [0.717, 1.165) is 16.9 Å². The van der Waals surface area contributed by atoms with Crippen LogP contribution in [0.2, 0.25) is 0 Å². The number of nitrogens with zero attached hydrogens (tertiary/aromatic N) is 3. The van der Waals surface area contributed by atoms with E-state index in [2.05, 4.69) is 26.0 Å². The summed E-state index contributed by atoms with van der Waals surface area (Å²) < 4.78 is 1.46. The van der Waals surface area contributed by atoms with E-state index in [4.69, 9.17) is 0 Å². The van der Waals surface area contributed by atoms with Crippen LogP contribution in [0.25, 0.3) is 0 Å². The van der Waals surface area contributed by atoms with E-state index in [1.54, 1.807) is 45.2 Å². The van der Waals surface area contributed by atoms with Gasteiger partial charge < -0.3 is 26.2 Å². The molecule has 2 aromatic heterocycles. The lowest BCUT2D eigenvalue weighted by Crippen LogP contribution is -2.39. The Morgan fingerprint density at radius 3 is 2.69 bits per heavy atom. The second-order valence-electron chi connectivity index (χ2n) is 8.00. The summed E-state index contributed by atoms with van der Waals surface area (Å²) in [5.41, 5.74) is 1.02. The molecule has 1 aromatic carbocycles. The van der Waals surface area contributed by atoms with Crippen molar-refractivity contribution in [3.63, 3.8) is 0 Å². The number of hydrogen-bond acceptors (Lipinski definition) is 8. The molecule has 0 spiro atoms. The lowest BCUT2D eigenvalue weighted by molar-refractivity contribution is -0.122. The fraction of sp³-hybridized carbons (Fsp3) is 0.333. The number of phenolic OH excluding ortho intramolecular Hbond substituents is 1. The average Bonchev–Trinajstić information content (AvgIpc) is 3.36. The molecule has 0 aliphatic heterocycles. The van der Waals surface area contributed by atoms with Gasteiger partial charge in [-0.3, -0.25) is 14.3 Å². The number of carbonyl (C=O) groups excluding carboxylic acids is 2. The molecule has 0 saturated carbocycles. The van der Waals surface area contributed by atoms with Gasteiger partial charge in [-0.1, -0.05) is 17.4 Å². The lowest BCUT2D eigenvalue weighted by Gasteiger charge is -2.17. The second kappa shape index (κ2) is 9.37. The van der Waals surface area contributed by atoms with Crippen LogP contribution in [-0.2, 0) is 11.3 Å². The predicted molar refractivity (Wildman–Crippen MR) is 122 cm³/mol. The molecule has 170 valence electrons. The van der Waals surface area contributed by atoms with E-state index in [9.17, 15) is 19.8 Å². The quantitative estimate of drug-likeness (QED) is 0.349. The first-order valence-electron chi connectivity index (χ1n) is 9.88. The van der Waals surface area contributed by atoms with Crippen molar-refractivity contribution in [1.82, 2.24) is 20.1 Å². The number of thiazole rings is 1. The van der Waals surface area contributed by atoms with Crippen LogP contribution in [0.3, 0.4) is 0 Å². The van der Waals surface area contributed by atoms with Crippen molar-refractivity contribution >= 4 is 39.8 Å². The number of aliphatic hydroxyl groups is 1. The summed E-state index contributed by atoms with van der Waals surface area (Å²) in [6, 6.07) is 5.01. The number of anilines is 3. The van der Waals surface area contributed by atoms with Gasteiger partial charge in [-0.05, 0) is 39.3 Å². The number of nitrogens with one attached hydrogen (secondary N) is 3. The third-order valence-electron chi connectivity index (χ3n) is 4.51. The number of amides is 2. The Bertz CT molecular complexity index is 1130. The highest BCUT2D eigenvalue weighted by atomic mass is 32.1. The van der Waals surface area contributed by atoms with Crippen molar-refractivity contribution in [2.45, 2.75) is 39.8 Å². The Kier molecular flexibility index (Phi) is 6.80. The molecule has 0 bridgehead atoms. The van der Waals surface area contributed by atoms with Crippen molar-refractivity contribution in [3.05, 3.63) is 46.6 Å².